The van der Waals surface area contributed by atoms with E-state index in [-0.39, 0.29) is 5.56 Å². The van der Waals surface area contributed by atoms with Gasteiger partial charge in [-0.2, -0.15) is 5.10 Å². The van der Waals surface area contributed by atoms with Crippen LogP contribution in [-0.2, 0) is 0 Å². The van der Waals surface area contributed by atoms with E-state index in [4.69, 9.17) is 4.42 Å². The van der Waals surface area contributed by atoms with Crippen molar-refractivity contribution in [3.05, 3.63) is 67.5 Å². The largest absolute Gasteiger partial charge is 0.421 e. The van der Waals surface area contributed by atoms with Crippen LogP contribution in [0.25, 0.3) is 21.9 Å². The molecule has 2 aromatic carbocycles. The number of aromatic nitrogens is 2. The van der Waals surface area contributed by atoms with Gasteiger partial charge in [-0.1, -0.05) is 15.9 Å². The van der Waals surface area contributed by atoms with Gasteiger partial charge in [0.2, 0.25) is 0 Å². The molecule has 2 heterocycles. The van der Waals surface area contributed by atoms with Crippen molar-refractivity contribution in [1.29, 1.82) is 0 Å². The van der Waals surface area contributed by atoms with E-state index in [1.54, 1.807) is 30.5 Å². The highest BCUT2D eigenvalue weighted by atomic mass is 79.9. The summed E-state index contributed by atoms with van der Waals surface area (Å²) in [7, 11) is 0. The van der Waals surface area contributed by atoms with Gasteiger partial charge in [0.05, 0.1) is 16.2 Å². The van der Waals surface area contributed by atoms with E-state index in [2.05, 4.69) is 47.4 Å². The van der Waals surface area contributed by atoms with Crippen molar-refractivity contribution in [2.45, 2.75) is 0 Å². The fourth-order valence-corrected chi connectivity index (χ4v) is 3.87. The summed E-state index contributed by atoms with van der Waals surface area (Å²) in [5, 5.41) is 11.0. The lowest BCUT2D eigenvalue weighted by molar-refractivity contribution is 0.102. The number of hydrogen-bond donors (Lipinski definition) is 2. The van der Waals surface area contributed by atoms with Gasteiger partial charge in [0.15, 0.2) is 5.58 Å². The zero-order chi connectivity index (χ0) is 17.6. The lowest BCUT2D eigenvalue weighted by Gasteiger charge is -2.06. The Kier molecular flexibility index (Phi) is 3.93. The molecule has 0 radical (unpaired) electrons. The van der Waals surface area contributed by atoms with Gasteiger partial charge in [-0.05, 0) is 52.3 Å². The molecule has 6 nitrogen and oxygen atoms in total. The Morgan fingerprint density at radius 2 is 1.96 bits per heavy atom. The summed E-state index contributed by atoms with van der Waals surface area (Å²) < 4.78 is 6.73. The first-order valence-electron chi connectivity index (χ1n) is 7.19. The predicted molar refractivity (Wildman–Crippen MR) is 102 cm³/mol. The van der Waals surface area contributed by atoms with Gasteiger partial charge in [0, 0.05) is 20.9 Å². The number of amides is 1. The monoisotopic (exact) mass is 461 g/mol. The summed E-state index contributed by atoms with van der Waals surface area (Å²) in [6.45, 7) is 0. The SMILES string of the molecule is O=C(Nc1ccc2cn[nH]c2c1)c1cc2cc(Br)cc(Br)c2oc1=O. The average molecular weight is 463 g/mol. The molecule has 0 aliphatic heterocycles. The molecule has 4 aromatic rings. The molecule has 2 aromatic heterocycles. The van der Waals surface area contributed by atoms with E-state index in [9.17, 15) is 9.59 Å². The number of H-pyrrole nitrogens is 1. The number of nitrogens with zero attached hydrogens (tertiary/aromatic N) is 1. The summed E-state index contributed by atoms with van der Waals surface area (Å²) in [5.74, 6) is -0.536. The highest BCUT2D eigenvalue weighted by Crippen LogP contribution is 2.28. The smallest absolute Gasteiger partial charge is 0.349 e. The van der Waals surface area contributed by atoms with Crippen LogP contribution >= 0.6 is 31.9 Å². The highest BCUT2D eigenvalue weighted by molar-refractivity contribution is 9.11. The topological polar surface area (TPSA) is 88.0 Å². The van der Waals surface area contributed by atoms with Gasteiger partial charge in [0.1, 0.15) is 5.56 Å². The molecule has 8 heteroatoms. The summed E-state index contributed by atoms with van der Waals surface area (Å²) in [6, 6.07) is 10.4. The van der Waals surface area contributed by atoms with Crippen molar-refractivity contribution in [3.63, 3.8) is 0 Å². The maximum Gasteiger partial charge on any atom is 0.349 e. The van der Waals surface area contributed by atoms with E-state index >= 15 is 0 Å². The molecular formula is C17H9Br2N3O3. The molecule has 1 amide bonds. The molecule has 0 saturated heterocycles. The maximum absolute atomic E-state index is 12.5. The second-order valence-corrected chi connectivity index (χ2v) is 7.15. The van der Waals surface area contributed by atoms with Crippen LogP contribution in [0.1, 0.15) is 10.4 Å². The molecule has 25 heavy (non-hydrogen) atoms. The molecule has 0 bridgehead atoms. The van der Waals surface area contributed by atoms with Crippen LogP contribution in [0.4, 0.5) is 5.69 Å². The molecule has 0 saturated carbocycles. The number of nitrogens with one attached hydrogen (secondary N) is 2. The predicted octanol–water partition coefficient (Wildman–Crippen LogP) is 4.45. The third-order valence-corrected chi connectivity index (χ3v) is 4.74. The minimum absolute atomic E-state index is 0.0674. The Morgan fingerprint density at radius 3 is 2.80 bits per heavy atom. The van der Waals surface area contributed by atoms with Crippen molar-refractivity contribution in [2.75, 3.05) is 5.32 Å². The normalized spacial score (nSPS) is 11.1. The number of fused-ring (bicyclic) bond motifs is 2. The van der Waals surface area contributed by atoms with Crippen LogP contribution in [0.2, 0.25) is 0 Å². The number of halogens is 2. The number of rotatable bonds is 2. The van der Waals surface area contributed by atoms with E-state index in [1.165, 1.54) is 6.07 Å². The summed E-state index contributed by atoms with van der Waals surface area (Å²) in [5.41, 5.74) is 0.967. The number of aromatic amines is 1. The minimum Gasteiger partial charge on any atom is -0.421 e. The third kappa shape index (κ3) is 2.98. The Balaban J connectivity index is 1.73. The van der Waals surface area contributed by atoms with Crippen molar-refractivity contribution >= 4 is 65.3 Å². The molecule has 2 N–H and O–H groups in total. The second-order valence-electron chi connectivity index (χ2n) is 5.38. The first kappa shape index (κ1) is 16.0. The van der Waals surface area contributed by atoms with Crippen LogP contribution in [0, 0.1) is 0 Å². The van der Waals surface area contributed by atoms with Gasteiger partial charge >= 0.3 is 5.63 Å². The Hall–Kier alpha value is -2.45. The van der Waals surface area contributed by atoms with E-state index in [0.29, 0.717) is 21.1 Å². The van der Waals surface area contributed by atoms with Gasteiger partial charge in [0.25, 0.3) is 5.91 Å². The molecule has 0 fully saturated rings. The van der Waals surface area contributed by atoms with Gasteiger partial charge in [-0.25, -0.2) is 4.79 Å². The Labute approximate surface area is 157 Å². The number of hydrogen-bond acceptors (Lipinski definition) is 4. The van der Waals surface area contributed by atoms with Crippen LogP contribution in [0.5, 0.6) is 0 Å². The third-order valence-electron chi connectivity index (χ3n) is 3.70. The molecular weight excluding hydrogens is 454 g/mol. The van der Waals surface area contributed by atoms with Crippen LogP contribution < -0.4 is 10.9 Å². The van der Waals surface area contributed by atoms with E-state index < -0.39 is 11.5 Å². The molecule has 0 spiro atoms. The zero-order valence-corrected chi connectivity index (χ0v) is 15.6. The van der Waals surface area contributed by atoms with Gasteiger partial charge in [-0.3, -0.25) is 9.89 Å². The van der Waals surface area contributed by atoms with Crippen LogP contribution in [0.15, 0.2) is 60.8 Å². The Bertz CT molecular complexity index is 1200. The molecule has 0 unspecified atom stereocenters. The molecule has 0 aliphatic carbocycles. The van der Waals surface area contributed by atoms with Crippen LogP contribution in [0.3, 0.4) is 0 Å². The average Bonchev–Trinajstić information content (AvgIpc) is 3.02. The molecule has 0 atom stereocenters. The highest BCUT2D eigenvalue weighted by Gasteiger charge is 2.16. The fourth-order valence-electron chi connectivity index (χ4n) is 2.53. The lowest BCUT2D eigenvalue weighted by atomic mass is 10.1. The fraction of sp³-hybridized carbons (Fsp3) is 0. The standard InChI is InChI=1S/C17H9Br2N3O3/c18-10-3-9-4-12(17(24)25-15(9)13(19)5-10)16(23)21-11-2-1-8-7-20-22-14(8)6-11/h1-7H,(H,20,22)(H,21,23). The van der Waals surface area contributed by atoms with Crippen molar-refractivity contribution in [1.82, 2.24) is 10.2 Å². The zero-order valence-electron chi connectivity index (χ0n) is 12.5. The number of anilines is 1. The summed E-state index contributed by atoms with van der Waals surface area (Å²) >= 11 is 6.72. The van der Waals surface area contributed by atoms with Gasteiger partial charge < -0.3 is 9.73 Å². The second kappa shape index (κ2) is 6.12. The van der Waals surface area contributed by atoms with Crippen LogP contribution in [-0.4, -0.2) is 16.1 Å². The summed E-state index contributed by atoms with van der Waals surface area (Å²) in [6.07, 6.45) is 1.69. The molecule has 0 aliphatic rings. The first-order chi connectivity index (χ1) is 12.0. The molecule has 124 valence electrons. The van der Waals surface area contributed by atoms with Crippen molar-refractivity contribution < 1.29 is 9.21 Å². The number of benzene rings is 2. The Morgan fingerprint density at radius 1 is 1.12 bits per heavy atom. The summed E-state index contributed by atoms with van der Waals surface area (Å²) in [4.78, 5) is 24.7. The number of carbonyl (C=O) groups is 1. The first-order valence-corrected chi connectivity index (χ1v) is 8.77. The van der Waals surface area contributed by atoms with E-state index in [0.717, 1.165) is 15.4 Å². The van der Waals surface area contributed by atoms with E-state index in [1.807, 2.05) is 6.07 Å². The number of carbonyl (C=O) groups excluding carboxylic acids is 1. The van der Waals surface area contributed by atoms with Crippen molar-refractivity contribution in [2.24, 2.45) is 0 Å². The minimum atomic E-state index is -0.698. The lowest BCUT2D eigenvalue weighted by Crippen LogP contribution is -2.20. The van der Waals surface area contributed by atoms with Crippen molar-refractivity contribution in [3.8, 4) is 0 Å². The maximum atomic E-state index is 12.5. The van der Waals surface area contributed by atoms with Gasteiger partial charge in [-0.15, -0.1) is 0 Å². The quantitative estimate of drug-likeness (QED) is 0.431. The molecule has 4 rings (SSSR count).